The van der Waals surface area contributed by atoms with Gasteiger partial charge in [0.25, 0.3) is 5.91 Å². The molecule has 2 heterocycles. The summed E-state index contributed by atoms with van der Waals surface area (Å²) in [4.78, 5) is 32.5. The molecule has 0 aliphatic carbocycles. The van der Waals surface area contributed by atoms with E-state index in [4.69, 9.17) is 16.3 Å². The van der Waals surface area contributed by atoms with Gasteiger partial charge in [0.1, 0.15) is 17.8 Å². The summed E-state index contributed by atoms with van der Waals surface area (Å²) in [5.41, 5.74) is -0.252. The monoisotopic (exact) mass is 475 g/mol. The van der Waals surface area contributed by atoms with E-state index in [0.717, 1.165) is 18.2 Å². The van der Waals surface area contributed by atoms with Gasteiger partial charge in [-0.3, -0.25) is 4.79 Å². The number of esters is 1. The van der Waals surface area contributed by atoms with Gasteiger partial charge in [-0.15, -0.1) is 0 Å². The zero-order valence-corrected chi connectivity index (χ0v) is 17.3. The third kappa shape index (κ3) is 5.09. The molecule has 2 aromatic heterocycles. The molecule has 0 aliphatic rings. The maximum Gasteiger partial charge on any atom is 0.416 e. The summed E-state index contributed by atoms with van der Waals surface area (Å²) >= 11 is 5.83. The largest absolute Gasteiger partial charge is 0.452 e. The quantitative estimate of drug-likeness (QED) is 0.341. The highest BCUT2D eigenvalue weighted by atomic mass is 35.5. The van der Waals surface area contributed by atoms with E-state index in [1.807, 2.05) is 0 Å². The Bertz CT molecular complexity index is 1340. The van der Waals surface area contributed by atoms with Crippen molar-refractivity contribution in [1.29, 1.82) is 0 Å². The van der Waals surface area contributed by atoms with Crippen molar-refractivity contribution in [2.45, 2.75) is 6.18 Å². The Morgan fingerprint density at radius 2 is 1.91 bits per heavy atom. The molecule has 4 rings (SSSR count). The molecule has 0 radical (unpaired) electrons. The Morgan fingerprint density at radius 3 is 2.64 bits per heavy atom. The summed E-state index contributed by atoms with van der Waals surface area (Å²) in [5.74, 6) is -1.62. The van der Waals surface area contributed by atoms with Crippen molar-refractivity contribution in [3.05, 3.63) is 77.5 Å². The number of carbonyl (C=O) groups excluding carboxylic acids is 2. The second-order valence-corrected chi connectivity index (χ2v) is 7.12. The zero-order valence-electron chi connectivity index (χ0n) is 16.5. The maximum absolute atomic E-state index is 13.1. The van der Waals surface area contributed by atoms with E-state index in [1.165, 1.54) is 29.5 Å². The number of nitrogens with zero attached hydrogens (tertiary/aromatic N) is 4. The molecular weight excluding hydrogens is 463 g/mol. The van der Waals surface area contributed by atoms with E-state index in [-0.39, 0.29) is 16.9 Å². The molecule has 0 saturated carbocycles. The highest BCUT2D eigenvalue weighted by Gasteiger charge is 2.31. The van der Waals surface area contributed by atoms with Crippen LogP contribution in [-0.2, 0) is 15.7 Å². The smallest absolute Gasteiger partial charge is 0.416 e. The van der Waals surface area contributed by atoms with Crippen LogP contribution in [0.4, 0.5) is 18.9 Å². The van der Waals surface area contributed by atoms with Crippen LogP contribution in [0.5, 0.6) is 0 Å². The summed E-state index contributed by atoms with van der Waals surface area (Å²) in [6, 6.07) is 10.6. The number of pyridine rings is 1. The van der Waals surface area contributed by atoms with Gasteiger partial charge < -0.3 is 10.1 Å². The van der Waals surface area contributed by atoms with Crippen LogP contribution in [-0.4, -0.2) is 38.2 Å². The molecule has 0 unspecified atom stereocenters. The standard InChI is InChI=1S/C21H13ClF3N5O3/c22-18-6-2-12-7-13(1-4-15(12)28-18)20(32)33-9-19(31)29-16-8-14(21(23,24)25)3-5-17(16)30-11-26-10-27-30/h1-8,10-11H,9H2,(H,29,31). The van der Waals surface area contributed by atoms with Gasteiger partial charge in [-0.2, -0.15) is 18.3 Å². The Morgan fingerprint density at radius 1 is 1.09 bits per heavy atom. The topological polar surface area (TPSA) is 99.0 Å². The molecule has 0 aliphatic heterocycles. The molecule has 0 bridgehead atoms. The van der Waals surface area contributed by atoms with E-state index in [0.29, 0.717) is 16.1 Å². The van der Waals surface area contributed by atoms with Crippen molar-refractivity contribution < 1.29 is 27.5 Å². The lowest BCUT2D eigenvalue weighted by atomic mass is 10.1. The van der Waals surface area contributed by atoms with Crippen molar-refractivity contribution in [2.24, 2.45) is 0 Å². The number of hydrogen-bond donors (Lipinski definition) is 1. The number of carbonyl (C=O) groups is 2. The van der Waals surface area contributed by atoms with E-state index < -0.39 is 30.2 Å². The first kappa shape index (κ1) is 22.2. The first-order valence-electron chi connectivity index (χ1n) is 9.30. The molecular formula is C21H13ClF3N5O3. The number of aromatic nitrogens is 4. The summed E-state index contributed by atoms with van der Waals surface area (Å²) in [7, 11) is 0. The van der Waals surface area contributed by atoms with Gasteiger partial charge in [0.15, 0.2) is 6.61 Å². The zero-order chi connectivity index (χ0) is 23.6. The Kier molecular flexibility index (Phi) is 5.97. The van der Waals surface area contributed by atoms with Crippen LogP contribution in [0.15, 0.2) is 61.2 Å². The highest BCUT2D eigenvalue weighted by Crippen LogP contribution is 2.33. The minimum Gasteiger partial charge on any atom is -0.452 e. The number of anilines is 1. The molecule has 1 N–H and O–H groups in total. The molecule has 0 fully saturated rings. The lowest BCUT2D eigenvalue weighted by Gasteiger charge is -2.14. The van der Waals surface area contributed by atoms with Gasteiger partial charge in [0.2, 0.25) is 0 Å². The molecule has 8 nitrogen and oxygen atoms in total. The van der Waals surface area contributed by atoms with Crippen LogP contribution in [0.25, 0.3) is 16.6 Å². The van der Waals surface area contributed by atoms with Crippen LogP contribution in [0, 0.1) is 0 Å². The first-order chi connectivity index (χ1) is 15.7. The average molecular weight is 476 g/mol. The van der Waals surface area contributed by atoms with Gasteiger partial charge in [-0.05, 0) is 48.5 Å². The average Bonchev–Trinajstić information content (AvgIpc) is 3.31. The van der Waals surface area contributed by atoms with E-state index in [2.05, 4.69) is 20.4 Å². The van der Waals surface area contributed by atoms with Crippen LogP contribution >= 0.6 is 11.6 Å². The van der Waals surface area contributed by atoms with E-state index in [9.17, 15) is 22.8 Å². The number of hydrogen-bond acceptors (Lipinski definition) is 6. The molecule has 33 heavy (non-hydrogen) atoms. The van der Waals surface area contributed by atoms with Gasteiger partial charge in [-0.1, -0.05) is 11.6 Å². The fourth-order valence-corrected chi connectivity index (χ4v) is 3.13. The van der Waals surface area contributed by atoms with Crippen molar-refractivity contribution in [2.75, 3.05) is 11.9 Å². The predicted molar refractivity (Wildman–Crippen MR) is 112 cm³/mol. The number of fused-ring (bicyclic) bond motifs is 1. The summed E-state index contributed by atoms with van der Waals surface area (Å²) < 4.78 is 45.6. The number of ether oxygens (including phenoxy) is 1. The fraction of sp³-hybridized carbons (Fsp3) is 0.0952. The number of halogens is 4. The van der Waals surface area contributed by atoms with E-state index in [1.54, 1.807) is 18.2 Å². The van der Waals surface area contributed by atoms with Crippen LogP contribution < -0.4 is 5.32 Å². The Balaban J connectivity index is 1.48. The van der Waals surface area contributed by atoms with Gasteiger partial charge in [-0.25, -0.2) is 19.4 Å². The number of amides is 1. The molecule has 12 heteroatoms. The minimum absolute atomic E-state index is 0.154. The number of alkyl halides is 3. The van der Waals surface area contributed by atoms with Gasteiger partial charge in [0.05, 0.1) is 28.0 Å². The van der Waals surface area contributed by atoms with E-state index >= 15 is 0 Å². The molecule has 2 aromatic carbocycles. The molecule has 0 atom stereocenters. The first-order valence-corrected chi connectivity index (χ1v) is 9.68. The third-order valence-corrected chi connectivity index (χ3v) is 4.70. The van der Waals surface area contributed by atoms with Crippen molar-refractivity contribution in [3.8, 4) is 5.69 Å². The highest BCUT2D eigenvalue weighted by molar-refractivity contribution is 6.29. The number of benzene rings is 2. The van der Waals surface area contributed by atoms with Crippen molar-refractivity contribution >= 4 is 40.1 Å². The predicted octanol–water partition coefficient (Wildman–Crippen LogP) is 4.28. The van der Waals surface area contributed by atoms with Gasteiger partial charge >= 0.3 is 12.1 Å². The SMILES string of the molecule is O=C(COC(=O)c1ccc2nc(Cl)ccc2c1)Nc1cc(C(F)(F)F)ccc1-n1cncn1. The molecule has 1 amide bonds. The number of rotatable bonds is 5. The molecule has 0 spiro atoms. The summed E-state index contributed by atoms with van der Waals surface area (Å²) in [5, 5.41) is 7.13. The third-order valence-electron chi connectivity index (χ3n) is 4.49. The van der Waals surface area contributed by atoms with Gasteiger partial charge in [0, 0.05) is 5.39 Å². The Labute approximate surface area is 189 Å². The lowest BCUT2D eigenvalue weighted by molar-refractivity contribution is -0.137. The molecule has 168 valence electrons. The number of nitrogens with one attached hydrogen (secondary N) is 1. The normalized spacial score (nSPS) is 11.4. The fourth-order valence-electron chi connectivity index (χ4n) is 2.97. The second-order valence-electron chi connectivity index (χ2n) is 6.74. The lowest BCUT2D eigenvalue weighted by Crippen LogP contribution is -2.22. The van der Waals surface area contributed by atoms with Crippen molar-refractivity contribution in [1.82, 2.24) is 19.7 Å². The minimum atomic E-state index is -4.62. The summed E-state index contributed by atoms with van der Waals surface area (Å²) in [6.45, 7) is -0.719. The maximum atomic E-state index is 13.1. The van der Waals surface area contributed by atoms with Crippen molar-refractivity contribution in [3.63, 3.8) is 0 Å². The van der Waals surface area contributed by atoms with Crippen LogP contribution in [0.3, 0.4) is 0 Å². The molecule has 4 aromatic rings. The van der Waals surface area contributed by atoms with Crippen LogP contribution in [0.1, 0.15) is 15.9 Å². The second kappa shape index (κ2) is 8.87. The summed E-state index contributed by atoms with van der Waals surface area (Å²) in [6.07, 6.45) is -2.17. The Hall–Kier alpha value is -3.99. The molecule has 0 saturated heterocycles. The van der Waals surface area contributed by atoms with Crippen LogP contribution in [0.2, 0.25) is 5.15 Å².